The Morgan fingerprint density at radius 2 is 1.96 bits per heavy atom. The van der Waals surface area contributed by atoms with Gasteiger partial charge in [-0.1, -0.05) is 11.6 Å². The highest BCUT2D eigenvalue weighted by atomic mass is 35.5. The van der Waals surface area contributed by atoms with Gasteiger partial charge in [-0.25, -0.2) is 4.79 Å². The lowest BCUT2D eigenvalue weighted by Gasteiger charge is -2.13. The van der Waals surface area contributed by atoms with Gasteiger partial charge in [-0.15, -0.1) is 5.10 Å². The van der Waals surface area contributed by atoms with Crippen LogP contribution in [0.1, 0.15) is 31.3 Å². The molecule has 8 nitrogen and oxygen atoms in total. The minimum atomic E-state index is -0.612. The van der Waals surface area contributed by atoms with Crippen LogP contribution in [-0.2, 0) is 9.53 Å². The summed E-state index contributed by atoms with van der Waals surface area (Å²) in [6.07, 6.45) is 0. The van der Waals surface area contributed by atoms with Gasteiger partial charge >= 0.3 is 11.9 Å². The van der Waals surface area contributed by atoms with Crippen molar-refractivity contribution in [2.24, 2.45) is 0 Å². The van der Waals surface area contributed by atoms with E-state index in [1.807, 2.05) is 0 Å². The molecular weight excluding hydrogens is 338 g/mol. The Morgan fingerprint density at radius 3 is 2.58 bits per heavy atom. The molecule has 0 bridgehead atoms. The van der Waals surface area contributed by atoms with E-state index in [0.717, 1.165) is 0 Å². The maximum absolute atomic E-state index is 11.9. The van der Waals surface area contributed by atoms with Gasteiger partial charge in [0.05, 0.1) is 18.2 Å². The molecule has 1 heterocycles. The number of benzene rings is 1. The molecule has 9 heteroatoms. The second-order valence-electron chi connectivity index (χ2n) is 4.55. The van der Waals surface area contributed by atoms with Gasteiger partial charge in [0.25, 0.3) is 0 Å². The number of nitrogens with one attached hydrogen (secondary N) is 1. The highest BCUT2D eigenvalue weighted by molar-refractivity contribution is 6.32. The van der Waals surface area contributed by atoms with Crippen LogP contribution in [0.15, 0.2) is 12.1 Å². The van der Waals surface area contributed by atoms with Gasteiger partial charge < -0.3 is 14.2 Å². The molecule has 0 aliphatic heterocycles. The van der Waals surface area contributed by atoms with E-state index >= 15 is 0 Å². The fourth-order valence-corrected chi connectivity index (χ4v) is 2.23. The standard InChI is InChI=1S/C15H16ClN3O5/c1-4-22-11-7-9(6-10(16)14(11)24-8(3)20)12-13(18-19-17-12)15(21)23-5-2/h6-7H,4-5H2,1-3H3,(H,17,18,19). The molecule has 2 rings (SSSR count). The zero-order valence-corrected chi connectivity index (χ0v) is 14.1. The van der Waals surface area contributed by atoms with Gasteiger partial charge in [0.1, 0.15) is 5.69 Å². The highest BCUT2D eigenvalue weighted by Crippen LogP contribution is 2.40. The number of aromatic nitrogens is 3. The molecule has 24 heavy (non-hydrogen) atoms. The molecule has 0 amide bonds. The molecule has 0 saturated carbocycles. The van der Waals surface area contributed by atoms with Crippen molar-refractivity contribution in [3.8, 4) is 22.8 Å². The second-order valence-corrected chi connectivity index (χ2v) is 4.96. The number of nitrogens with zero attached hydrogens (tertiary/aromatic N) is 2. The smallest absolute Gasteiger partial charge is 0.361 e. The number of hydrogen-bond acceptors (Lipinski definition) is 7. The molecule has 0 fully saturated rings. The molecule has 128 valence electrons. The summed E-state index contributed by atoms with van der Waals surface area (Å²) in [5.41, 5.74) is 0.748. The predicted octanol–water partition coefficient (Wildman–Crippen LogP) is 2.63. The van der Waals surface area contributed by atoms with Gasteiger partial charge in [-0.2, -0.15) is 10.3 Å². The number of esters is 2. The number of H-pyrrole nitrogens is 1. The normalized spacial score (nSPS) is 10.3. The van der Waals surface area contributed by atoms with Crippen LogP contribution in [0.3, 0.4) is 0 Å². The zero-order chi connectivity index (χ0) is 17.7. The lowest BCUT2D eigenvalue weighted by Crippen LogP contribution is -2.07. The lowest BCUT2D eigenvalue weighted by atomic mass is 10.1. The average molecular weight is 354 g/mol. The molecular formula is C15H16ClN3O5. The van der Waals surface area contributed by atoms with Crippen LogP contribution < -0.4 is 9.47 Å². The number of halogens is 1. The van der Waals surface area contributed by atoms with E-state index < -0.39 is 11.9 Å². The minimum Gasteiger partial charge on any atom is -0.490 e. The van der Waals surface area contributed by atoms with E-state index in [9.17, 15) is 9.59 Å². The van der Waals surface area contributed by atoms with Gasteiger partial charge in [-0.3, -0.25) is 4.79 Å². The summed E-state index contributed by atoms with van der Waals surface area (Å²) in [5.74, 6) is -0.775. The Labute approximate surface area is 143 Å². The van der Waals surface area contributed by atoms with Crippen molar-refractivity contribution < 1.29 is 23.8 Å². The summed E-state index contributed by atoms with van der Waals surface area (Å²) in [5, 5.41) is 10.3. The number of aromatic amines is 1. The number of carbonyl (C=O) groups excluding carboxylic acids is 2. The Balaban J connectivity index is 2.51. The van der Waals surface area contributed by atoms with Crippen LogP contribution >= 0.6 is 11.6 Å². The van der Waals surface area contributed by atoms with Gasteiger partial charge in [0, 0.05) is 12.5 Å². The third-order valence-corrected chi connectivity index (χ3v) is 3.13. The van der Waals surface area contributed by atoms with Crippen LogP contribution in [0.25, 0.3) is 11.3 Å². The second kappa shape index (κ2) is 7.78. The van der Waals surface area contributed by atoms with E-state index in [-0.39, 0.29) is 34.5 Å². The molecule has 0 atom stereocenters. The average Bonchev–Trinajstić information content (AvgIpc) is 3.00. The van der Waals surface area contributed by atoms with Crippen molar-refractivity contribution in [2.75, 3.05) is 13.2 Å². The van der Waals surface area contributed by atoms with E-state index in [1.165, 1.54) is 13.0 Å². The summed E-state index contributed by atoms with van der Waals surface area (Å²) in [6.45, 7) is 5.27. The third-order valence-electron chi connectivity index (χ3n) is 2.85. The summed E-state index contributed by atoms with van der Waals surface area (Å²) in [6, 6.07) is 3.07. The summed E-state index contributed by atoms with van der Waals surface area (Å²) in [4.78, 5) is 23.2. The molecule has 0 aliphatic carbocycles. The number of rotatable bonds is 6. The molecule has 2 aromatic rings. The number of ether oxygens (including phenoxy) is 3. The highest BCUT2D eigenvalue weighted by Gasteiger charge is 2.22. The van der Waals surface area contributed by atoms with Crippen molar-refractivity contribution >= 4 is 23.5 Å². The van der Waals surface area contributed by atoms with Crippen molar-refractivity contribution in [3.63, 3.8) is 0 Å². The van der Waals surface area contributed by atoms with Gasteiger partial charge in [-0.05, 0) is 26.0 Å². The van der Waals surface area contributed by atoms with Crippen molar-refractivity contribution in [1.29, 1.82) is 0 Å². The van der Waals surface area contributed by atoms with E-state index in [1.54, 1.807) is 19.9 Å². The van der Waals surface area contributed by atoms with Crippen LogP contribution in [0.4, 0.5) is 0 Å². The van der Waals surface area contributed by atoms with Crippen LogP contribution in [0, 0.1) is 0 Å². The predicted molar refractivity (Wildman–Crippen MR) is 85.3 cm³/mol. The molecule has 0 spiro atoms. The van der Waals surface area contributed by atoms with Crippen LogP contribution in [-0.4, -0.2) is 40.6 Å². The Kier molecular flexibility index (Phi) is 5.75. The Morgan fingerprint density at radius 1 is 1.21 bits per heavy atom. The Hall–Kier alpha value is -2.61. The first-order chi connectivity index (χ1) is 11.5. The summed E-state index contributed by atoms with van der Waals surface area (Å²) in [7, 11) is 0. The monoisotopic (exact) mass is 353 g/mol. The molecule has 1 aromatic carbocycles. The molecule has 0 radical (unpaired) electrons. The van der Waals surface area contributed by atoms with Crippen molar-refractivity contribution in [2.45, 2.75) is 20.8 Å². The lowest BCUT2D eigenvalue weighted by molar-refractivity contribution is -0.132. The third kappa shape index (κ3) is 3.83. The first-order valence-electron chi connectivity index (χ1n) is 7.20. The number of hydrogen-bond donors (Lipinski definition) is 1. The van der Waals surface area contributed by atoms with Gasteiger partial charge in [0.2, 0.25) is 0 Å². The summed E-state index contributed by atoms with van der Waals surface area (Å²) >= 11 is 6.19. The molecule has 0 unspecified atom stereocenters. The quantitative estimate of drug-likeness (QED) is 0.628. The van der Waals surface area contributed by atoms with E-state index in [2.05, 4.69) is 15.4 Å². The zero-order valence-electron chi connectivity index (χ0n) is 13.4. The molecule has 0 aliphatic rings. The minimum absolute atomic E-state index is 0.0237. The molecule has 1 N–H and O–H groups in total. The summed E-state index contributed by atoms with van der Waals surface area (Å²) < 4.78 is 15.5. The van der Waals surface area contributed by atoms with Crippen LogP contribution in [0.5, 0.6) is 11.5 Å². The maximum atomic E-state index is 11.9. The van der Waals surface area contributed by atoms with Crippen molar-refractivity contribution in [3.05, 3.63) is 22.8 Å². The van der Waals surface area contributed by atoms with Crippen LogP contribution in [0.2, 0.25) is 5.02 Å². The fourth-order valence-electron chi connectivity index (χ4n) is 1.98. The maximum Gasteiger partial charge on any atom is 0.361 e. The largest absolute Gasteiger partial charge is 0.490 e. The fraction of sp³-hybridized carbons (Fsp3) is 0.333. The van der Waals surface area contributed by atoms with E-state index in [0.29, 0.717) is 12.2 Å². The van der Waals surface area contributed by atoms with Gasteiger partial charge in [0.15, 0.2) is 17.2 Å². The topological polar surface area (TPSA) is 103 Å². The first-order valence-corrected chi connectivity index (χ1v) is 7.58. The first kappa shape index (κ1) is 17.7. The van der Waals surface area contributed by atoms with E-state index in [4.69, 9.17) is 25.8 Å². The van der Waals surface area contributed by atoms with Crippen molar-refractivity contribution in [1.82, 2.24) is 15.4 Å². The SMILES string of the molecule is CCOC(=O)c1n[nH]nc1-c1cc(Cl)c(OC(C)=O)c(OCC)c1. The Bertz CT molecular complexity index is 760. The molecule has 1 aromatic heterocycles. The number of carbonyl (C=O) groups is 2. The molecule has 0 saturated heterocycles.